The summed E-state index contributed by atoms with van der Waals surface area (Å²) in [6.07, 6.45) is 0.804. The Kier molecular flexibility index (Phi) is 2.80. The molecule has 1 heterocycles. The number of hydrogen-bond donors (Lipinski definition) is 2. The first kappa shape index (κ1) is 10.6. The van der Waals surface area contributed by atoms with Gasteiger partial charge in [0.2, 0.25) is 0 Å². The third kappa shape index (κ3) is 1.92. The van der Waals surface area contributed by atoms with Crippen LogP contribution in [-0.2, 0) is 4.79 Å². The fraction of sp³-hybridized carbons (Fsp3) is 0.545. The van der Waals surface area contributed by atoms with Crippen molar-refractivity contribution in [1.29, 1.82) is 0 Å². The highest BCUT2D eigenvalue weighted by Gasteiger charge is 2.48. The number of carboxylic acids is 1. The van der Waals surface area contributed by atoms with Crippen molar-refractivity contribution >= 4 is 17.3 Å². The molecular weight excluding hydrogens is 210 g/mol. The van der Waals surface area contributed by atoms with E-state index in [1.807, 2.05) is 7.05 Å². The Hall–Kier alpha value is -0.870. The SMILES string of the molecule is CNC(c1sccc1C)C1CC1C(=O)O. The molecule has 0 spiro atoms. The van der Waals surface area contributed by atoms with Crippen LogP contribution in [-0.4, -0.2) is 18.1 Å². The van der Waals surface area contributed by atoms with Gasteiger partial charge in [-0.2, -0.15) is 0 Å². The third-order valence-electron chi connectivity index (χ3n) is 3.08. The molecule has 0 radical (unpaired) electrons. The maximum absolute atomic E-state index is 10.8. The molecular formula is C11H15NO2S. The number of carbonyl (C=O) groups is 1. The second kappa shape index (κ2) is 3.94. The smallest absolute Gasteiger partial charge is 0.306 e. The molecule has 82 valence electrons. The molecule has 1 fully saturated rings. The Morgan fingerprint density at radius 2 is 2.47 bits per heavy atom. The zero-order chi connectivity index (χ0) is 11.0. The number of aryl methyl sites for hydroxylation is 1. The maximum Gasteiger partial charge on any atom is 0.306 e. The topological polar surface area (TPSA) is 49.3 Å². The summed E-state index contributed by atoms with van der Waals surface area (Å²) in [5.41, 5.74) is 1.26. The van der Waals surface area contributed by atoms with Crippen LogP contribution in [0.1, 0.15) is 22.9 Å². The molecule has 0 aliphatic heterocycles. The van der Waals surface area contributed by atoms with Crippen LogP contribution in [0.25, 0.3) is 0 Å². The van der Waals surface area contributed by atoms with Gasteiger partial charge in [-0.05, 0) is 43.3 Å². The third-order valence-corrected chi connectivity index (χ3v) is 4.18. The van der Waals surface area contributed by atoms with Gasteiger partial charge in [0.05, 0.1) is 5.92 Å². The zero-order valence-corrected chi connectivity index (χ0v) is 9.67. The van der Waals surface area contributed by atoms with E-state index in [4.69, 9.17) is 5.11 Å². The van der Waals surface area contributed by atoms with E-state index in [2.05, 4.69) is 23.7 Å². The number of hydrogen-bond acceptors (Lipinski definition) is 3. The number of nitrogens with one attached hydrogen (secondary N) is 1. The molecule has 1 aromatic heterocycles. The van der Waals surface area contributed by atoms with Crippen LogP contribution >= 0.6 is 11.3 Å². The van der Waals surface area contributed by atoms with E-state index in [1.165, 1.54) is 10.4 Å². The minimum Gasteiger partial charge on any atom is -0.481 e. The Labute approximate surface area is 93.1 Å². The molecule has 2 rings (SSSR count). The Morgan fingerprint density at radius 1 is 1.73 bits per heavy atom. The van der Waals surface area contributed by atoms with Crippen molar-refractivity contribution in [1.82, 2.24) is 5.32 Å². The Balaban J connectivity index is 2.13. The van der Waals surface area contributed by atoms with Crippen LogP contribution in [0.4, 0.5) is 0 Å². The van der Waals surface area contributed by atoms with Gasteiger partial charge in [-0.25, -0.2) is 0 Å². The first-order valence-electron chi connectivity index (χ1n) is 5.09. The summed E-state index contributed by atoms with van der Waals surface area (Å²) in [6.45, 7) is 2.08. The summed E-state index contributed by atoms with van der Waals surface area (Å²) in [6, 6.07) is 2.30. The molecule has 3 atom stereocenters. The monoisotopic (exact) mass is 225 g/mol. The summed E-state index contributed by atoms with van der Waals surface area (Å²) in [5, 5.41) is 14.2. The molecule has 15 heavy (non-hydrogen) atoms. The van der Waals surface area contributed by atoms with Gasteiger partial charge in [0.25, 0.3) is 0 Å². The molecule has 3 nitrogen and oxygen atoms in total. The fourth-order valence-corrected chi connectivity index (χ4v) is 3.22. The second-order valence-corrected chi connectivity index (χ2v) is 5.03. The van der Waals surface area contributed by atoms with Gasteiger partial charge in [-0.1, -0.05) is 0 Å². The van der Waals surface area contributed by atoms with E-state index >= 15 is 0 Å². The standard InChI is InChI=1S/C11H15NO2S/c1-6-3-4-15-10(6)9(12-2)7-5-8(7)11(13)14/h3-4,7-9,12H,5H2,1-2H3,(H,13,14). The molecule has 3 unspecified atom stereocenters. The van der Waals surface area contributed by atoms with Gasteiger partial charge in [0, 0.05) is 10.9 Å². The van der Waals surface area contributed by atoms with Crippen molar-refractivity contribution in [3.63, 3.8) is 0 Å². The molecule has 0 aromatic carbocycles. The van der Waals surface area contributed by atoms with Gasteiger partial charge < -0.3 is 10.4 Å². The predicted molar refractivity (Wildman–Crippen MR) is 60.1 cm³/mol. The molecule has 0 amide bonds. The molecule has 0 bridgehead atoms. The number of carboxylic acid groups (broad SMARTS) is 1. The molecule has 1 saturated carbocycles. The van der Waals surface area contributed by atoms with Gasteiger partial charge in [-0.15, -0.1) is 11.3 Å². The van der Waals surface area contributed by atoms with Crippen molar-refractivity contribution < 1.29 is 9.90 Å². The predicted octanol–water partition coefficient (Wildman–Crippen LogP) is 2.04. The van der Waals surface area contributed by atoms with Crippen LogP contribution in [0.15, 0.2) is 11.4 Å². The van der Waals surface area contributed by atoms with E-state index in [9.17, 15) is 4.79 Å². The minimum absolute atomic E-state index is 0.149. The molecule has 4 heteroatoms. The Morgan fingerprint density at radius 3 is 2.87 bits per heavy atom. The van der Waals surface area contributed by atoms with Crippen molar-refractivity contribution in [2.24, 2.45) is 11.8 Å². The molecule has 2 N–H and O–H groups in total. The largest absolute Gasteiger partial charge is 0.481 e. The van der Waals surface area contributed by atoms with Crippen LogP contribution in [0.2, 0.25) is 0 Å². The lowest BCUT2D eigenvalue weighted by molar-refractivity contribution is -0.138. The summed E-state index contributed by atoms with van der Waals surface area (Å²) in [4.78, 5) is 12.1. The van der Waals surface area contributed by atoms with Crippen LogP contribution in [0.3, 0.4) is 0 Å². The van der Waals surface area contributed by atoms with Crippen molar-refractivity contribution in [2.75, 3.05) is 7.05 Å². The first-order chi connectivity index (χ1) is 7.15. The average Bonchev–Trinajstić information content (AvgIpc) is 2.87. The molecule has 0 saturated heterocycles. The van der Waals surface area contributed by atoms with Gasteiger partial charge in [0.15, 0.2) is 0 Å². The molecule has 1 aliphatic carbocycles. The Bertz CT molecular complexity index is 374. The van der Waals surface area contributed by atoms with E-state index in [0.29, 0.717) is 0 Å². The minimum atomic E-state index is -0.658. The van der Waals surface area contributed by atoms with Crippen LogP contribution in [0, 0.1) is 18.8 Å². The quantitative estimate of drug-likeness (QED) is 0.824. The number of aliphatic carboxylic acids is 1. The van der Waals surface area contributed by atoms with E-state index in [-0.39, 0.29) is 17.9 Å². The van der Waals surface area contributed by atoms with E-state index in [0.717, 1.165) is 6.42 Å². The first-order valence-corrected chi connectivity index (χ1v) is 5.97. The normalized spacial score (nSPS) is 26.3. The zero-order valence-electron chi connectivity index (χ0n) is 8.86. The van der Waals surface area contributed by atoms with Crippen LogP contribution in [0.5, 0.6) is 0 Å². The van der Waals surface area contributed by atoms with E-state index < -0.39 is 5.97 Å². The summed E-state index contributed by atoms with van der Waals surface area (Å²) >= 11 is 1.71. The van der Waals surface area contributed by atoms with Gasteiger partial charge in [-0.3, -0.25) is 4.79 Å². The van der Waals surface area contributed by atoms with Gasteiger partial charge >= 0.3 is 5.97 Å². The van der Waals surface area contributed by atoms with Crippen LogP contribution < -0.4 is 5.32 Å². The lowest BCUT2D eigenvalue weighted by Gasteiger charge is -2.15. The summed E-state index contributed by atoms with van der Waals surface area (Å²) in [7, 11) is 1.90. The number of thiophene rings is 1. The summed E-state index contributed by atoms with van der Waals surface area (Å²) < 4.78 is 0. The summed E-state index contributed by atoms with van der Waals surface area (Å²) in [5.74, 6) is -0.539. The van der Waals surface area contributed by atoms with Gasteiger partial charge in [0.1, 0.15) is 0 Å². The van der Waals surface area contributed by atoms with Crippen molar-refractivity contribution in [2.45, 2.75) is 19.4 Å². The lowest BCUT2D eigenvalue weighted by Crippen LogP contribution is -2.20. The molecule has 1 aromatic rings. The highest BCUT2D eigenvalue weighted by Crippen LogP contribution is 2.48. The fourth-order valence-electron chi connectivity index (χ4n) is 2.11. The van der Waals surface area contributed by atoms with Crippen molar-refractivity contribution in [3.05, 3.63) is 21.9 Å². The lowest BCUT2D eigenvalue weighted by atomic mass is 10.1. The average molecular weight is 225 g/mol. The van der Waals surface area contributed by atoms with Crippen molar-refractivity contribution in [3.8, 4) is 0 Å². The maximum atomic E-state index is 10.8. The molecule has 1 aliphatic rings. The highest BCUT2D eigenvalue weighted by molar-refractivity contribution is 7.10. The second-order valence-electron chi connectivity index (χ2n) is 4.08. The van der Waals surface area contributed by atoms with E-state index in [1.54, 1.807) is 11.3 Å². The highest BCUT2D eigenvalue weighted by atomic mass is 32.1. The number of rotatable bonds is 4.